The second-order valence-corrected chi connectivity index (χ2v) is 8.05. The number of hydrogen-bond donors (Lipinski definition) is 2. The van der Waals surface area contributed by atoms with E-state index in [2.05, 4.69) is 0 Å². The first-order valence-electron chi connectivity index (χ1n) is 8.19. The Balaban J connectivity index is 1.77. The summed E-state index contributed by atoms with van der Waals surface area (Å²) in [5, 5.41) is 8.84. The minimum absolute atomic E-state index is 0.0992. The van der Waals surface area contributed by atoms with E-state index < -0.39 is 15.9 Å². The van der Waals surface area contributed by atoms with E-state index in [4.69, 9.17) is 9.94 Å². The highest BCUT2D eigenvalue weighted by Crippen LogP contribution is 2.26. The van der Waals surface area contributed by atoms with Gasteiger partial charge in [0.15, 0.2) is 0 Å². The Labute approximate surface area is 152 Å². The van der Waals surface area contributed by atoms with Crippen LogP contribution in [0.5, 0.6) is 5.75 Å². The number of ether oxygens (including phenoxy) is 1. The van der Waals surface area contributed by atoms with Gasteiger partial charge in [-0.15, -0.1) is 0 Å². The molecule has 138 valence electrons. The third-order valence-corrected chi connectivity index (χ3v) is 6.21. The number of nitrogens with zero attached hydrogens (tertiary/aromatic N) is 1. The summed E-state index contributed by atoms with van der Waals surface area (Å²) in [4.78, 5) is 11.6. The maximum absolute atomic E-state index is 12.9. The third kappa shape index (κ3) is 3.72. The van der Waals surface area contributed by atoms with Crippen LogP contribution in [0.3, 0.4) is 0 Å². The molecule has 1 amide bonds. The van der Waals surface area contributed by atoms with Crippen molar-refractivity contribution >= 4 is 15.9 Å². The summed E-state index contributed by atoms with van der Waals surface area (Å²) in [5.74, 6) is -0.171. The number of rotatable bonds is 5. The molecule has 0 saturated carbocycles. The molecule has 1 saturated heterocycles. The van der Waals surface area contributed by atoms with E-state index >= 15 is 0 Å². The molecule has 2 aromatic carbocycles. The molecule has 0 bridgehead atoms. The average Bonchev–Trinajstić information content (AvgIpc) is 3.12. The van der Waals surface area contributed by atoms with Crippen LogP contribution in [0.15, 0.2) is 53.4 Å². The average molecular weight is 376 g/mol. The van der Waals surface area contributed by atoms with Crippen LogP contribution < -0.4 is 10.2 Å². The van der Waals surface area contributed by atoms with Gasteiger partial charge in [-0.05, 0) is 37.6 Å². The van der Waals surface area contributed by atoms with Crippen LogP contribution in [-0.2, 0) is 10.0 Å². The second kappa shape index (κ2) is 7.45. The molecule has 0 aliphatic carbocycles. The molecule has 0 radical (unpaired) electrons. The van der Waals surface area contributed by atoms with E-state index in [1.165, 1.54) is 34.1 Å². The van der Waals surface area contributed by atoms with Crippen LogP contribution in [0.2, 0.25) is 0 Å². The maximum atomic E-state index is 12.9. The molecule has 1 aliphatic heterocycles. The van der Waals surface area contributed by atoms with Gasteiger partial charge in [0.25, 0.3) is 5.91 Å². The van der Waals surface area contributed by atoms with Crippen LogP contribution >= 0.6 is 0 Å². The quantitative estimate of drug-likeness (QED) is 0.614. The van der Waals surface area contributed by atoms with Gasteiger partial charge in [0.05, 0.1) is 17.0 Å². The summed E-state index contributed by atoms with van der Waals surface area (Å²) >= 11 is 0. The van der Waals surface area contributed by atoms with Gasteiger partial charge in [-0.25, -0.2) is 13.9 Å². The number of amides is 1. The Morgan fingerprint density at radius 3 is 2.58 bits per heavy atom. The Morgan fingerprint density at radius 2 is 1.88 bits per heavy atom. The lowest BCUT2D eigenvalue weighted by Crippen LogP contribution is -2.33. The summed E-state index contributed by atoms with van der Waals surface area (Å²) in [6.07, 6.45) is 0.299. The SMILES string of the molecule is Cc1ccc(OC2CCN(S(=O)(=O)c3ccccc3C(=O)NO)C2)cc1. The monoisotopic (exact) mass is 376 g/mol. The van der Waals surface area contributed by atoms with Gasteiger partial charge in [-0.1, -0.05) is 29.8 Å². The lowest BCUT2D eigenvalue weighted by atomic mass is 10.2. The number of nitrogens with one attached hydrogen (secondary N) is 1. The van der Waals surface area contributed by atoms with Crippen molar-refractivity contribution in [3.8, 4) is 5.75 Å². The van der Waals surface area contributed by atoms with Crippen molar-refractivity contribution in [3.63, 3.8) is 0 Å². The summed E-state index contributed by atoms with van der Waals surface area (Å²) in [5.41, 5.74) is 2.50. The Morgan fingerprint density at radius 1 is 1.19 bits per heavy atom. The molecule has 8 heteroatoms. The highest BCUT2D eigenvalue weighted by molar-refractivity contribution is 7.89. The number of hydroxylamine groups is 1. The highest BCUT2D eigenvalue weighted by Gasteiger charge is 2.35. The minimum Gasteiger partial charge on any atom is -0.489 e. The van der Waals surface area contributed by atoms with Crippen LogP contribution in [0.25, 0.3) is 0 Å². The van der Waals surface area contributed by atoms with E-state index in [1.807, 2.05) is 31.2 Å². The van der Waals surface area contributed by atoms with Crippen LogP contribution in [0.1, 0.15) is 22.3 Å². The first kappa shape index (κ1) is 18.4. The van der Waals surface area contributed by atoms with Gasteiger partial charge in [-0.2, -0.15) is 4.31 Å². The number of hydrogen-bond acceptors (Lipinski definition) is 5. The van der Waals surface area contributed by atoms with Gasteiger partial charge >= 0.3 is 0 Å². The molecular formula is C18H20N2O5S. The highest BCUT2D eigenvalue weighted by atomic mass is 32.2. The van der Waals surface area contributed by atoms with Gasteiger partial charge < -0.3 is 4.74 Å². The minimum atomic E-state index is -3.87. The molecule has 2 N–H and O–H groups in total. The smallest absolute Gasteiger partial charge is 0.276 e. The van der Waals surface area contributed by atoms with E-state index in [9.17, 15) is 13.2 Å². The first-order valence-corrected chi connectivity index (χ1v) is 9.63. The molecule has 2 aromatic rings. The zero-order valence-corrected chi connectivity index (χ0v) is 15.1. The van der Waals surface area contributed by atoms with Crippen LogP contribution in [0, 0.1) is 6.92 Å². The molecule has 26 heavy (non-hydrogen) atoms. The standard InChI is InChI=1S/C18H20N2O5S/c1-13-6-8-14(9-7-13)25-15-10-11-20(12-15)26(23,24)17-5-3-2-4-16(17)18(21)19-22/h2-9,15,22H,10-12H2,1H3,(H,19,21). The molecule has 0 aromatic heterocycles. The topological polar surface area (TPSA) is 95.9 Å². The number of carbonyl (C=O) groups excluding carboxylic acids is 1. The molecular weight excluding hydrogens is 356 g/mol. The van der Waals surface area contributed by atoms with Gasteiger partial charge in [0.1, 0.15) is 11.9 Å². The van der Waals surface area contributed by atoms with E-state index in [-0.39, 0.29) is 23.1 Å². The molecule has 1 unspecified atom stereocenters. The zero-order valence-electron chi connectivity index (χ0n) is 14.3. The maximum Gasteiger partial charge on any atom is 0.276 e. The molecule has 7 nitrogen and oxygen atoms in total. The zero-order chi connectivity index (χ0) is 18.7. The Hall–Kier alpha value is -2.42. The predicted octanol–water partition coefficient (Wildman–Crippen LogP) is 1.96. The number of sulfonamides is 1. The first-order chi connectivity index (χ1) is 12.4. The lowest BCUT2D eigenvalue weighted by Gasteiger charge is -2.19. The fourth-order valence-electron chi connectivity index (χ4n) is 2.90. The third-order valence-electron chi connectivity index (χ3n) is 4.28. The van der Waals surface area contributed by atoms with Crippen molar-refractivity contribution < 1.29 is 23.2 Å². The van der Waals surface area contributed by atoms with Crippen molar-refractivity contribution in [2.24, 2.45) is 0 Å². The summed E-state index contributed by atoms with van der Waals surface area (Å²) in [6.45, 7) is 2.48. The largest absolute Gasteiger partial charge is 0.489 e. The predicted molar refractivity (Wildman–Crippen MR) is 94.7 cm³/mol. The van der Waals surface area contributed by atoms with E-state index in [0.29, 0.717) is 18.7 Å². The molecule has 1 fully saturated rings. The molecule has 0 spiro atoms. The molecule has 1 atom stereocenters. The van der Waals surface area contributed by atoms with Gasteiger partial charge in [0, 0.05) is 6.54 Å². The van der Waals surface area contributed by atoms with Gasteiger partial charge in [0.2, 0.25) is 10.0 Å². The lowest BCUT2D eigenvalue weighted by molar-refractivity contribution is 0.0702. The van der Waals surface area contributed by atoms with Crippen LogP contribution in [0.4, 0.5) is 0 Å². The van der Waals surface area contributed by atoms with Gasteiger partial charge in [-0.3, -0.25) is 10.0 Å². The Kier molecular flexibility index (Phi) is 5.26. The van der Waals surface area contributed by atoms with Crippen molar-refractivity contribution in [1.29, 1.82) is 0 Å². The molecule has 1 aliphatic rings. The fourth-order valence-corrected chi connectivity index (χ4v) is 4.58. The summed E-state index contributed by atoms with van der Waals surface area (Å²) in [7, 11) is -3.87. The van der Waals surface area contributed by atoms with Crippen molar-refractivity contribution in [3.05, 3.63) is 59.7 Å². The van der Waals surface area contributed by atoms with Crippen molar-refractivity contribution in [2.45, 2.75) is 24.3 Å². The summed E-state index contributed by atoms with van der Waals surface area (Å²) < 4.78 is 33.0. The number of aryl methyl sites for hydroxylation is 1. The Bertz CT molecular complexity index is 896. The normalized spacial score (nSPS) is 17.8. The summed E-state index contributed by atoms with van der Waals surface area (Å²) in [6, 6.07) is 13.4. The van der Waals surface area contributed by atoms with E-state index in [1.54, 1.807) is 0 Å². The molecule has 3 rings (SSSR count). The second-order valence-electron chi connectivity index (χ2n) is 6.14. The molecule has 1 heterocycles. The number of carbonyl (C=O) groups is 1. The van der Waals surface area contributed by atoms with E-state index in [0.717, 1.165) is 5.56 Å². The van der Waals surface area contributed by atoms with Crippen LogP contribution in [-0.4, -0.2) is 43.0 Å². The number of benzene rings is 2. The van der Waals surface area contributed by atoms with Crippen molar-refractivity contribution in [2.75, 3.05) is 13.1 Å². The van der Waals surface area contributed by atoms with Crippen molar-refractivity contribution in [1.82, 2.24) is 9.79 Å². The fraction of sp³-hybridized carbons (Fsp3) is 0.278.